The standard InChI is InChI=1S/C18H18ClNO5/c1-3-8-25-13-6-4-11(5-7-13)17(21)20-15-10-12(18(22)23)9-14(19)16(15)24-2/h4-7,9-10H,3,8H2,1-2H3,(H,20,21)(H,22,23). The quantitative estimate of drug-likeness (QED) is 0.774. The highest BCUT2D eigenvalue weighted by Gasteiger charge is 2.16. The highest BCUT2D eigenvalue weighted by Crippen LogP contribution is 2.34. The topological polar surface area (TPSA) is 84.9 Å². The number of rotatable bonds is 7. The Balaban J connectivity index is 2.23. The van der Waals surface area contributed by atoms with Gasteiger partial charge in [-0.15, -0.1) is 0 Å². The summed E-state index contributed by atoms with van der Waals surface area (Å²) in [6.45, 7) is 2.61. The zero-order valence-electron chi connectivity index (χ0n) is 13.8. The third-order valence-electron chi connectivity index (χ3n) is 3.33. The summed E-state index contributed by atoms with van der Waals surface area (Å²) >= 11 is 6.02. The third kappa shape index (κ3) is 4.64. The number of aromatic carboxylic acids is 1. The molecule has 132 valence electrons. The van der Waals surface area contributed by atoms with E-state index in [4.69, 9.17) is 26.2 Å². The Kier molecular flexibility index (Phi) is 6.25. The smallest absolute Gasteiger partial charge is 0.335 e. The molecule has 0 spiro atoms. The largest absolute Gasteiger partial charge is 0.494 e. The normalized spacial score (nSPS) is 10.2. The first kappa shape index (κ1) is 18.6. The van der Waals surface area contributed by atoms with Gasteiger partial charge in [-0.2, -0.15) is 0 Å². The third-order valence-corrected chi connectivity index (χ3v) is 3.61. The van der Waals surface area contributed by atoms with E-state index >= 15 is 0 Å². The number of carboxylic acids is 1. The maximum atomic E-state index is 12.4. The van der Waals surface area contributed by atoms with Crippen LogP contribution in [0.5, 0.6) is 11.5 Å². The molecule has 0 atom stereocenters. The van der Waals surface area contributed by atoms with Crippen molar-refractivity contribution < 1.29 is 24.2 Å². The summed E-state index contributed by atoms with van der Waals surface area (Å²) < 4.78 is 10.6. The van der Waals surface area contributed by atoms with Gasteiger partial charge >= 0.3 is 5.97 Å². The zero-order chi connectivity index (χ0) is 18.4. The second kappa shape index (κ2) is 8.39. The van der Waals surface area contributed by atoms with Crippen LogP contribution < -0.4 is 14.8 Å². The highest BCUT2D eigenvalue weighted by atomic mass is 35.5. The fraction of sp³-hybridized carbons (Fsp3) is 0.222. The van der Waals surface area contributed by atoms with Crippen LogP contribution >= 0.6 is 11.6 Å². The number of ether oxygens (including phenoxy) is 2. The Labute approximate surface area is 150 Å². The van der Waals surface area contributed by atoms with Gasteiger partial charge in [-0.05, 0) is 42.8 Å². The first-order valence-electron chi connectivity index (χ1n) is 7.61. The number of halogens is 1. The highest BCUT2D eigenvalue weighted by molar-refractivity contribution is 6.33. The van der Waals surface area contributed by atoms with E-state index < -0.39 is 11.9 Å². The molecule has 0 radical (unpaired) electrons. The lowest BCUT2D eigenvalue weighted by Crippen LogP contribution is -2.13. The predicted molar refractivity (Wildman–Crippen MR) is 95.1 cm³/mol. The maximum absolute atomic E-state index is 12.4. The van der Waals surface area contributed by atoms with Crippen molar-refractivity contribution in [2.75, 3.05) is 19.0 Å². The number of carboxylic acid groups (broad SMARTS) is 1. The molecule has 0 aliphatic carbocycles. The first-order valence-corrected chi connectivity index (χ1v) is 7.99. The van der Waals surface area contributed by atoms with Crippen molar-refractivity contribution >= 4 is 29.2 Å². The van der Waals surface area contributed by atoms with Crippen molar-refractivity contribution in [3.8, 4) is 11.5 Å². The number of benzene rings is 2. The molecule has 6 nitrogen and oxygen atoms in total. The van der Waals surface area contributed by atoms with Crippen LogP contribution in [-0.2, 0) is 0 Å². The molecule has 0 aliphatic heterocycles. The molecule has 0 unspecified atom stereocenters. The van der Waals surface area contributed by atoms with Crippen LogP contribution in [0, 0.1) is 0 Å². The maximum Gasteiger partial charge on any atom is 0.335 e. The van der Waals surface area contributed by atoms with Gasteiger partial charge in [-0.3, -0.25) is 4.79 Å². The van der Waals surface area contributed by atoms with Gasteiger partial charge in [0.25, 0.3) is 5.91 Å². The van der Waals surface area contributed by atoms with Crippen LogP contribution in [0.15, 0.2) is 36.4 Å². The second-order valence-electron chi connectivity index (χ2n) is 5.17. The number of carbonyl (C=O) groups excluding carboxylic acids is 1. The van der Waals surface area contributed by atoms with E-state index in [0.29, 0.717) is 17.9 Å². The van der Waals surface area contributed by atoms with E-state index in [1.807, 2.05) is 6.92 Å². The van der Waals surface area contributed by atoms with Crippen molar-refractivity contribution in [2.24, 2.45) is 0 Å². The fourth-order valence-electron chi connectivity index (χ4n) is 2.13. The molecule has 2 aromatic carbocycles. The van der Waals surface area contributed by atoms with Gasteiger partial charge in [0.2, 0.25) is 0 Å². The molecule has 2 rings (SSSR count). The van der Waals surface area contributed by atoms with Gasteiger partial charge in [-0.25, -0.2) is 4.79 Å². The van der Waals surface area contributed by atoms with E-state index in [1.54, 1.807) is 24.3 Å². The molecule has 2 N–H and O–H groups in total. The molecule has 7 heteroatoms. The van der Waals surface area contributed by atoms with E-state index in [1.165, 1.54) is 19.2 Å². The van der Waals surface area contributed by atoms with Crippen LogP contribution in [0.25, 0.3) is 0 Å². The van der Waals surface area contributed by atoms with Gasteiger partial charge in [0.15, 0.2) is 5.75 Å². The zero-order valence-corrected chi connectivity index (χ0v) is 14.6. The number of nitrogens with one attached hydrogen (secondary N) is 1. The lowest BCUT2D eigenvalue weighted by Gasteiger charge is -2.13. The molecule has 0 aromatic heterocycles. The average molecular weight is 364 g/mol. The van der Waals surface area contributed by atoms with Crippen LogP contribution in [0.3, 0.4) is 0 Å². The lowest BCUT2D eigenvalue weighted by atomic mass is 10.1. The minimum absolute atomic E-state index is 0.0515. The monoisotopic (exact) mass is 363 g/mol. The number of methoxy groups -OCH3 is 1. The number of carbonyl (C=O) groups is 2. The van der Waals surface area contributed by atoms with Crippen molar-refractivity contribution in [1.82, 2.24) is 0 Å². The number of hydrogen-bond acceptors (Lipinski definition) is 4. The van der Waals surface area contributed by atoms with Gasteiger partial charge in [-0.1, -0.05) is 18.5 Å². The minimum atomic E-state index is -1.16. The molecule has 25 heavy (non-hydrogen) atoms. The Morgan fingerprint density at radius 3 is 2.40 bits per heavy atom. The summed E-state index contributed by atoms with van der Waals surface area (Å²) in [5, 5.41) is 11.8. The number of hydrogen-bond donors (Lipinski definition) is 2. The second-order valence-corrected chi connectivity index (χ2v) is 5.58. The molecule has 0 heterocycles. The lowest BCUT2D eigenvalue weighted by molar-refractivity contribution is 0.0696. The first-order chi connectivity index (χ1) is 12.0. The van der Waals surface area contributed by atoms with E-state index in [0.717, 1.165) is 6.42 Å². The van der Waals surface area contributed by atoms with E-state index in [-0.39, 0.29) is 22.0 Å². The molecule has 0 saturated carbocycles. The van der Waals surface area contributed by atoms with Crippen LogP contribution in [0.4, 0.5) is 5.69 Å². The van der Waals surface area contributed by atoms with Gasteiger partial charge in [0.1, 0.15) is 5.75 Å². The van der Waals surface area contributed by atoms with Gasteiger partial charge in [0, 0.05) is 5.56 Å². The SMILES string of the molecule is CCCOc1ccc(C(=O)Nc2cc(C(=O)O)cc(Cl)c2OC)cc1. The average Bonchev–Trinajstić information content (AvgIpc) is 2.60. The van der Waals surface area contributed by atoms with Crippen molar-refractivity contribution in [3.05, 3.63) is 52.5 Å². The van der Waals surface area contributed by atoms with Crippen molar-refractivity contribution in [2.45, 2.75) is 13.3 Å². The summed E-state index contributed by atoms with van der Waals surface area (Å²) in [7, 11) is 1.39. The summed E-state index contributed by atoms with van der Waals surface area (Å²) in [4.78, 5) is 23.6. The summed E-state index contributed by atoms with van der Waals surface area (Å²) in [5.41, 5.74) is 0.524. The van der Waals surface area contributed by atoms with E-state index in [9.17, 15) is 9.59 Å². The summed E-state index contributed by atoms with van der Waals surface area (Å²) in [6.07, 6.45) is 0.892. The number of anilines is 1. The molecule has 0 bridgehead atoms. The van der Waals surface area contributed by atoms with Crippen LogP contribution in [0.2, 0.25) is 5.02 Å². The Hall–Kier alpha value is -2.73. The predicted octanol–water partition coefficient (Wildman–Crippen LogP) is 4.09. The van der Waals surface area contributed by atoms with Crippen LogP contribution in [-0.4, -0.2) is 30.7 Å². The van der Waals surface area contributed by atoms with Gasteiger partial charge < -0.3 is 19.9 Å². The molecule has 1 amide bonds. The Morgan fingerprint density at radius 2 is 1.84 bits per heavy atom. The molecule has 2 aromatic rings. The van der Waals surface area contributed by atoms with Crippen LogP contribution in [0.1, 0.15) is 34.1 Å². The number of amides is 1. The van der Waals surface area contributed by atoms with E-state index in [2.05, 4.69) is 5.32 Å². The molecular formula is C18H18ClNO5. The fourth-order valence-corrected chi connectivity index (χ4v) is 2.43. The molecule has 0 fully saturated rings. The molecule has 0 saturated heterocycles. The van der Waals surface area contributed by atoms with Gasteiger partial charge in [0.05, 0.1) is 30.0 Å². The van der Waals surface area contributed by atoms with Crippen molar-refractivity contribution in [1.29, 1.82) is 0 Å². The van der Waals surface area contributed by atoms with Crippen molar-refractivity contribution in [3.63, 3.8) is 0 Å². The summed E-state index contributed by atoms with van der Waals surface area (Å²) in [6, 6.07) is 9.19. The molecular weight excluding hydrogens is 346 g/mol. The molecule has 0 aliphatic rings. The summed E-state index contributed by atoms with van der Waals surface area (Å²) in [5.74, 6) is -0.703. The Morgan fingerprint density at radius 1 is 1.16 bits per heavy atom. The minimum Gasteiger partial charge on any atom is -0.494 e. The Bertz CT molecular complexity index is 774.